The molecule has 2 N–H and O–H groups in total. The lowest BCUT2D eigenvalue weighted by atomic mass is 9.76. The number of rotatable bonds is 8. The first-order chi connectivity index (χ1) is 16.9. The maximum Gasteiger partial charge on any atom is 0.407 e. The fraction of sp³-hybridized carbons (Fsp3) is 0.464. The van der Waals surface area contributed by atoms with Crippen molar-refractivity contribution in [3.05, 3.63) is 59.7 Å². The van der Waals surface area contributed by atoms with Crippen molar-refractivity contribution < 1.29 is 24.2 Å². The SMILES string of the molecule is CCCC1(C(=O)O)CCCN(C(=O)[C@H](CC)NC(=O)OCC2c3ccccc3-c3ccccc32)C1. The highest BCUT2D eigenvalue weighted by atomic mass is 16.5. The number of benzene rings is 2. The van der Waals surface area contributed by atoms with Crippen LogP contribution in [0.15, 0.2) is 48.5 Å². The molecule has 1 aliphatic heterocycles. The molecule has 7 heteroatoms. The van der Waals surface area contributed by atoms with Crippen molar-refractivity contribution in [1.82, 2.24) is 10.2 Å². The third-order valence-electron chi connectivity index (χ3n) is 7.41. The van der Waals surface area contributed by atoms with Crippen molar-refractivity contribution in [2.45, 2.75) is 57.9 Å². The molecule has 186 valence electrons. The van der Waals surface area contributed by atoms with Gasteiger partial charge in [0.25, 0.3) is 0 Å². The molecule has 1 fully saturated rings. The lowest BCUT2D eigenvalue weighted by Gasteiger charge is -2.41. The summed E-state index contributed by atoms with van der Waals surface area (Å²) in [5, 5.41) is 12.6. The Morgan fingerprint density at radius 2 is 1.71 bits per heavy atom. The van der Waals surface area contributed by atoms with Crippen LogP contribution in [0.2, 0.25) is 0 Å². The Balaban J connectivity index is 1.39. The second-order valence-electron chi connectivity index (χ2n) is 9.63. The van der Waals surface area contributed by atoms with Crippen molar-refractivity contribution in [1.29, 1.82) is 0 Å². The van der Waals surface area contributed by atoms with E-state index in [0.29, 0.717) is 32.2 Å². The van der Waals surface area contributed by atoms with Gasteiger partial charge in [0.15, 0.2) is 0 Å². The first kappa shape index (κ1) is 24.8. The van der Waals surface area contributed by atoms with Gasteiger partial charge in [0.1, 0.15) is 12.6 Å². The maximum absolute atomic E-state index is 13.2. The average molecular weight is 479 g/mol. The third kappa shape index (κ3) is 4.90. The third-order valence-corrected chi connectivity index (χ3v) is 7.41. The number of amides is 2. The van der Waals surface area contributed by atoms with Gasteiger partial charge in [-0.1, -0.05) is 68.8 Å². The summed E-state index contributed by atoms with van der Waals surface area (Å²) >= 11 is 0. The quantitative estimate of drug-likeness (QED) is 0.568. The topological polar surface area (TPSA) is 95.9 Å². The summed E-state index contributed by atoms with van der Waals surface area (Å²) in [5.74, 6) is -1.16. The van der Waals surface area contributed by atoms with E-state index in [0.717, 1.165) is 28.7 Å². The van der Waals surface area contributed by atoms with Crippen LogP contribution in [0.4, 0.5) is 4.79 Å². The highest BCUT2D eigenvalue weighted by Crippen LogP contribution is 2.44. The zero-order valence-electron chi connectivity index (χ0n) is 20.5. The number of carboxylic acid groups (broad SMARTS) is 1. The molecular formula is C28H34N2O5. The van der Waals surface area contributed by atoms with Gasteiger partial charge in [-0.2, -0.15) is 0 Å². The predicted octanol–water partition coefficient (Wildman–Crippen LogP) is 4.80. The van der Waals surface area contributed by atoms with Crippen LogP contribution in [-0.2, 0) is 14.3 Å². The molecule has 2 amide bonds. The van der Waals surface area contributed by atoms with Gasteiger partial charge in [0.2, 0.25) is 5.91 Å². The molecule has 0 aromatic heterocycles. The zero-order chi connectivity index (χ0) is 25.0. The number of nitrogens with one attached hydrogen (secondary N) is 1. The van der Waals surface area contributed by atoms with Gasteiger partial charge in [-0.15, -0.1) is 0 Å². The molecule has 0 bridgehead atoms. The molecule has 4 rings (SSSR count). The Labute approximate surface area is 206 Å². The summed E-state index contributed by atoms with van der Waals surface area (Å²) in [6.45, 7) is 4.64. The number of carbonyl (C=O) groups excluding carboxylic acids is 2. The lowest BCUT2D eigenvalue weighted by Crippen LogP contribution is -2.55. The second-order valence-corrected chi connectivity index (χ2v) is 9.63. The van der Waals surface area contributed by atoms with E-state index in [-0.39, 0.29) is 25.0 Å². The van der Waals surface area contributed by atoms with Crippen LogP contribution in [0.1, 0.15) is 63.0 Å². The van der Waals surface area contributed by atoms with E-state index in [2.05, 4.69) is 29.6 Å². The van der Waals surface area contributed by atoms with Crippen LogP contribution >= 0.6 is 0 Å². The van der Waals surface area contributed by atoms with Crippen molar-refractivity contribution in [2.24, 2.45) is 5.41 Å². The van der Waals surface area contributed by atoms with Gasteiger partial charge in [0, 0.05) is 19.0 Å². The first-order valence-corrected chi connectivity index (χ1v) is 12.5. The molecule has 1 unspecified atom stereocenters. The number of likely N-dealkylation sites (tertiary alicyclic amines) is 1. The predicted molar refractivity (Wildman–Crippen MR) is 133 cm³/mol. The number of carboxylic acids is 1. The van der Waals surface area contributed by atoms with E-state index in [1.807, 2.05) is 38.1 Å². The van der Waals surface area contributed by atoms with Gasteiger partial charge < -0.3 is 20.1 Å². The molecule has 2 aromatic carbocycles. The smallest absolute Gasteiger partial charge is 0.407 e. The van der Waals surface area contributed by atoms with Crippen LogP contribution in [0.3, 0.4) is 0 Å². The van der Waals surface area contributed by atoms with Gasteiger partial charge in [0.05, 0.1) is 5.41 Å². The summed E-state index contributed by atoms with van der Waals surface area (Å²) in [6.07, 6.45) is 2.23. The molecule has 1 aliphatic carbocycles. The number of alkyl carbamates (subject to hydrolysis) is 1. The number of aliphatic carboxylic acids is 1. The Morgan fingerprint density at radius 3 is 2.29 bits per heavy atom. The monoisotopic (exact) mass is 478 g/mol. The van der Waals surface area contributed by atoms with Crippen molar-refractivity contribution >= 4 is 18.0 Å². The molecule has 2 aromatic rings. The number of fused-ring (bicyclic) bond motifs is 3. The van der Waals surface area contributed by atoms with Gasteiger partial charge in [-0.05, 0) is 47.9 Å². The molecule has 0 spiro atoms. The van der Waals surface area contributed by atoms with E-state index in [9.17, 15) is 19.5 Å². The van der Waals surface area contributed by atoms with Crippen molar-refractivity contribution in [3.63, 3.8) is 0 Å². The van der Waals surface area contributed by atoms with E-state index < -0.39 is 23.5 Å². The van der Waals surface area contributed by atoms with Crippen LogP contribution in [0.25, 0.3) is 11.1 Å². The number of piperidine rings is 1. The van der Waals surface area contributed by atoms with E-state index in [1.54, 1.807) is 4.90 Å². The number of ether oxygens (including phenoxy) is 1. The summed E-state index contributed by atoms with van der Waals surface area (Å²) in [4.78, 5) is 39.6. The number of hydrogen-bond donors (Lipinski definition) is 2. The van der Waals surface area contributed by atoms with Gasteiger partial charge >= 0.3 is 12.1 Å². The molecule has 35 heavy (non-hydrogen) atoms. The van der Waals surface area contributed by atoms with E-state index in [4.69, 9.17) is 4.74 Å². The average Bonchev–Trinajstić information content (AvgIpc) is 3.19. The Hall–Kier alpha value is -3.35. The Bertz CT molecular complexity index is 1050. The van der Waals surface area contributed by atoms with Gasteiger partial charge in [-0.3, -0.25) is 9.59 Å². The summed E-state index contributed by atoms with van der Waals surface area (Å²) in [5.41, 5.74) is 3.64. The Kier molecular flexibility index (Phi) is 7.43. The van der Waals surface area contributed by atoms with Crippen molar-refractivity contribution in [3.8, 4) is 11.1 Å². The minimum atomic E-state index is -0.912. The summed E-state index contributed by atoms with van der Waals surface area (Å²) in [6, 6.07) is 15.5. The number of carbonyl (C=O) groups is 3. The standard InChI is InChI=1S/C28H34N2O5/c1-3-14-28(26(32)33)15-9-16-30(18-28)25(31)24(4-2)29-27(34)35-17-23-21-12-7-5-10-19(21)20-11-6-8-13-22(20)23/h5-8,10-13,23-24H,3-4,9,14-18H2,1-2H3,(H,29,34)(H,32,33)/t24-,28?/m0/s1. The molecule has 1 heterocycles. The highest BCUT2D eigenvalue weighted by Gasteiger charge is 2.43. The molecule has 1 saturated heterocycles. The number of nitrogens with zero attached hydrogens (tertiary/aromatic N) is 1. The van der Waals surface area contributed by atoms with Crippen LogP contribution in [0.5, 0.6) is 0 Å². The first-order valence-electron chi connectivity index (χ1n) is 12.5. The molecule has 2 aliphatic rings. The van der Waals surface area contributed by atoms with Crippen LogP contribution in [0, 0.1) is 5.41 Å². The zero-order valence-corrected chi connectivity index (χ0v) is 20.5. The highest BCUT2D eigenvalue weighted by molar-refractivity contribution is 5.87. The fourth-order valence-corrected chi connectivity index (χ4v) is 5.63. The molecule has 0 saturated carbocycles. The fourth-order valence-electron chi connectivity index (χ4n) is 5.63. The largest absolute Gasteiger partial charge is 0.481 e. The molecule has 2 atom stereocenters. The van der Waals surface area contributed by atoms with Crippen LogP contribution in [-0.4, -0.2) is 53.7 Å². The lowest BCUT2D eigenvalue weighted by molar-refractivity contribution is -0.156. The minimum absolute atomic E-state index is 0.0590. The molecular weight excluding hydrogens is 444 g/mol. The van der Waals surface area contributed by atoms with Crippen LogP contribution < -0.4 is 5.32 Å². The maximum atomic E-state index is 13.2. The molecule has 0 radical (unpaired) electrons. The van der Waals surface area contributed by atoms with Gasteiger partial charge in [-0.25, -0.2) is 4.79 Å². The van der Waals surface area contributed by atoms with Crippen molar-refractivity contribution in [2.75, 3.05) is 19.7 Å². The van der Waals surface area contributed by atoms with E-state index in [1.165, 1.54) is 0 Å². The number of hydrogen-bond acceptors (Lipinski definition) is 4. The Morgan fingerprint density at radius 1 is 1.09 bits per heavy atom. The molecule has 7 nitrogen and oxygen atoms in total. The summed E-state index contributed by atoms with van der Waals surface area (Å²) < 4.78 is 5.61. The van der Waals surface area contributed by atoms with E-state index >= 15 is 0 Å². The second kappa shape index (κ2) is 10.5. The minimum Gasteiger partial charge on any atom is -0.481 e. The normalized spacial score (nSPS) is 20.0. The summed E-state index contributed by atoms with van der Waals surface area (Å²) in [7, 11) is 0.